The lowest BCUT2D eigenvalue weighted by atomic mass is 10.1. The number of hydrogen-bond donors (Lipinski definition) is 0. The number of likely N-dealkylation sites (tertiary alicyclic amines) is 1. The van der Waals surface area contributed by atoms with Gasteiger partial charge >= 0.3 is 0 Å². The van der Waals surface area contributed by atoms with Crippen LogP contribution < -0.4 is 4.74 Å². The van der Waals surface area contributed by atoms with Gasteiger partial charge in [-0.05, 0) is 25.5 Å². The van der Waals surface area contributed by atoms with Crippen molar-refractivity contribution in [3.63, 3.8) is 0 Å². The number of nitrogens with zero attached hydrogens (tertiary/aromatic N) is 3. The molecule has 5 heteroatoms. The van der Waals surface area contributed by atoms with Crippen molar-refractivity contribution in [3.8, 4) is 5.75 Å². The lowest BCUT2D eigenvalue weighted by Crippen LogP contribution is -2.29. The molecule has 2 heterocycles. The van der Waals surface area contributed by atoms with Crippen LogP contribution in [0.2, 0.25) is 0 Å². The van der Waals surface area contributed by atoms with Crippen molar-refractivity contribution in [1.82, 2.24) is 14.5 Å². The number of aromatic nitrogens is 2. The number of hydrogen-bond acceptors (Lipinski definition) is 3. The number of aryl methyl sites for hydroxylation is 2. The van der Waals surface area contributed by atoms with Crippen LogP contribution in [0.15, 0.2) is 36.5 Å². The lowest BCUT2D eigenvalue weighted by Gasteiger charge is -2.16. The molecule has 1 saturated heterocycles. The number of carbonyl (C=O) groups is 1. The van der Waals surface area contributed by atoms with E-state index < -0.39 is 0 Å². The van der Waals surface area contributed by atoms with E-state index in [2.05, 4.69) is 9.55 Å². The van der Waals surface area contributed by atoms with E-state index in [1.807, 2.05) is 55.4 Å². The number of para-hydroxylation sites is 1. The Bertz CT molecular complexity index is 666. The highest BCUT2D eigenvalue weighted by Gasteiger charge is 2.29. The summed E-state index contributed by atoms with van der Waals surface area (Å²) in [5.41, 5.74) is 1.03. The van der Waals surface area contributed by atoms with Crippen LogP contribution in [0, 0.1) is 6.92 Å². The maximum Gasteiger partial charge on any atom is 0.226 e. The molecule has 0 spiro atoms. The number of benzene rings is 1. The van der Waals surface area contributed by atoms with Gasteiger partial charge in [0, 0.05) is 32.3 Å². The van der Waals surface area contributed by atoms with Gasteiger partial charge in [-0.25, -0.2) is 4.98 Å². The van der Waals surface area contributed by atoms with Crippen molar-refractivity contribution >= 4 is 5.91 Å². The second-order valence-corrected chi connectivity index (χ2v) is 6.09. The summed E-state index contributed by atoms with van der Waals surface area (Å²) in [6.45, 7) is 3.99. The third kappa shape index (κ3) is 3.73. The van der Waals surface area contributed by atoms with Crippen molar-refractivity contribution in [1.29, 1.82) is 0 Å². The normalized spacial score (nSPS) is 17.5. The first-order chi connectivity index (χ1) is 11.1. The van der Waals surface area contributed by atoms with Gasteiger partial charge in [-0.3, -0.25) is 4.79 Å². The maximum atomic E-state index is 12.3. The molecule has 1 atom stereocenters. The first-order valence-corrected chi connectivity index (χ1v) is 8.09. The molecule has 1 aliphatic heterocycles. The first kappa shape index (κ1) is 15.6. The Hall–Kier alpha value is -2.30. The smallest absolute Gasteiger partial charge is 0.226 e. The molecule has 1 fully saturated rings. The van der Waals surface area contributed by atoms with E-state index in [0.29, 0.717) is 18.9 Å². The fourth-order valence-corrected chi connectivity index (χ4v) is 3.14. The second-order valence-electron chi connectivity index (χ2n) is 6.09. The van der Waals surface area contributed by atoms with Crippen LogP contribution in [-0.4, -0.2) is 40.1 Å². The summed E-state index contributed by atoms with van der Waals surface area (Å²) in [5, 5.41) is 0. The van der Waals surface area contributed by atoms with Gasteiger partial charge in [-0.1, -0.05) is 18.2 Å². The molecule has 2 aromatic rings. The van der Waals surface area contributed by atoms with E-state index in [4.69, 9.17) is 4.74 Å². The summed E-state index contributed by atoms with van der Waals surface area (Å²) >= 11 is 0. The van der Waals surface area contributed by atoms with Gasteiger partial charge in [-0.15, -0.1) is 0 Å². The van der Waals surface area contributed by atoms with Crippen molar-refractivity contribution in [2.75, 3.05) is 19.7 Å². The number of imidazole rings is 1. The van der Waals surface area contributed by atoms with E-state index in [-0.39, 0.29) is 5.91 Å². The minimum absolute atomic E-state index is 0.161. The molecule has 0 bridgehead atoms. The molecule has 23 heavy (non-hydrogen) atoms. The SMILES string of the molecule is Cc1cn(C)c([C@@H]2CCN(C(=O)CCOc3ccccc3)C2)n1. The molecule has 3 rings (SSSR count). The molecule has 1 aliphatic rings. The zero-order valence-corrected chi connectivity index (χ0v) is 13.7. The molecule has 0 unspecified atom stereocenters. The number of amides is 1. The molecule has 1 aromatic heterocycles. The van der Waals surface area contributed by atoms with Gasteiger partial charge in [0.2, 0.25) is 5.91 Å². The molecular formula is C18H23N3O2. The highest BCUT2D eigenvalue weighted by atomic mass is 16.5. The zero-order valence-electron chi connectivity index (χ0n) is 13.7. The van der Waals surface area contributed by atoms with Gasteiger partial charge < -0.3 is 14.2 Å². The van der Waals surface area contributed by atoms with Gasteiger partial charge in [0.25, 0.3) is 0 Å². The fourth-order valence-electron chi connectivity index (χ4n) is 3.14. The summed E-state index contributed by atoms with van der Waals surface area (Å²) in [6.07, 6.45) is 3.43. The summed E-state index contributed by atoms with van der Waals surface area (Å²) in [7, 11) is 2.02. The van der Waals surface area contributed by atoms with Crippen LogP contribution in [0.25, 0.3) is 0 Å². The Kier molecular flexibility index (Phi) is 4.65. The predicted octanol–water partition coefficient (Wildman–Crippen LogP) is 2.51. The minimum atomic E-state index is 0.161. The van der Waals surface area contributed by atoms with Crippen molar-refractivity contribution < 1.29 is 9.53 Å². The minimum Gasteiger partial charge on any atom is -0.493 e. The number of ether oxygens (including phenoxy) is 1. The summed E-state index contributed by atoms with van der Waals surface area (Å²) in [5.74, 6) is 2.39. The molecule has 122 valence electrons. The van der Waals surface area contributed by atoms with Crippen LogP contribution in [0.3, 0.4) is 0 Å². The highest BCUT2D eigenvalue weighted by Crippen LogP contribution is 2.26. The van der Waals surface area contributed by atoms with Crippen LogP contribution in [0.4, 0.5) is 0 Å². The standard InChI is InChI=1S/C18H23N3O2/c1-14-12-20(2)18(19-14)15-8-10-21(13-15)17(22)9-11-23-16-6-4-3-5-7-16/h3-7,12,15H,8-11,13H2,1-2H3/t15-/m1/s1. The topological polar surface area (TPSA) is 47.4 Å². The molecule has 0 radical (unpaired) electrons. The second kappa shape index (κ2) is 6.86. The number of carbonyl (C=O) groups excluding carboxylic acids is 1. The van der Waals surface area contributed by atoms with Crippen LogP contribution >= 0.6 is 0 Å². The average molecular weight is 313 g/mol. The first-order valence-electron chi connectivity index (χ1n) is 8.09. The Balaban J connectivity index is 1.48. The van der Waals surface area contributed by atoms with Crippen LogP contribution in [0.1, 0.15) is 30.3 Å². The van der Waals surface area contributed by atoms with E-state index in [9.17, 15) is 4.79 Å². The molecule has 1 amide bonds. The van der Waals surface area contributed by atoms with Crippen molar-refractivity contribution in [2.24, 2.45) is 7.05 Å². The molecular weight excluding hydrogens is 290 g/mol. The Labute approximate surface area is 136 Å². The summed E-state index contributed by atoms with van der Waals surface area (Å²) < 4.78 is 7.68. The highest BCUT2D eigenvalue weighted by molar-refractivity contribution is 5.76. The zero-order chi connectivity index (χ0) is 16.2. The van der Waals surface area contributed by atoms with Gasteiger partial charge in [-0.2, -0.15) is 0 Å². The molecule has 0 saturated carbocycles. The monoisotopic (exact) mass is 313 g/mol. The largest absolute Gasteiger partial charge is 0.493 e. The Morgan fingerprint density at radius 3 is 2.83 bits per heavy atom. The Morgan fingerprint density at radius 1 is 1.35 bits per heavy atom. The fraction of sp³-hybridized carbons (Fsp3) is 0.444. The predicted molar refractivity (Wildman–Crippen MR) is 88.4 cm³/mol. The molecule has 0 aliphatic carbocycles. The Morgan fingerprint density at radius 2 is 2.13 bits per heavy atom. The van der Waals surface area contributed by atoms with E-state index in [1.54, 1.807) is 0 Å². The van der Waals surface area contributed by atoms with Crippen LogP contribution in [-0.2, 0) is 11.8 Å². The van der Waals surface area contributed by atoms with Gasteiger partial charge in [0.1, 0.15) is 11.6 Å². The maximum absolute atomic E-state index is 12.3. The van der Waals surface area contributed by atoms with Gasteiger partial charge in [0.15, 0.2) is 0 Å². The van der Waals surface area contributed by atoms with E-state index in [0.717, 1.165) is 36.8 Å². The van der Waals surface area contributed by atoms with Gasteiger partial charge in [0.05, 0.1) is 18.7 Å². The van der Waals surface area contributed by atoms with Crippen LogP contribution in [0.5, 0.6) is 5.75 Å². The molecule has 1 aromatic carbocycles. The lowest BCUT2D eigenvalue weighted by molar-refractivity contribution is -0.130. The third-order valence-electron chi connectivity index (χ3n) is 4.27. The molecule has 0 N–H and O–H groups in total. The summed E-state index contributed by atoms with van der Waals surface area (Å²) in [4.78, 5) is 18.8. The molecule has 5 nitrogen and oxygen atoms in total. The summed E-state index contributed by atoms with van der Waals surface area (Å²) in [6, 6.07) is 9.61. The van der Waals surface area contributed by atoms with Crippen molar-refractivity contribution in [2.45, 2.75) is 25.7 Å². The average Bonchev–Trinajstić information content (AvgIpc) is 3.14. The van der Waals surface area contributed by atoms with Crippen molar-refractivity contribution in [3.05, 3.63) is 48.0 Å². The third-order valence-corrected chi connectivity index (χ3v) is 4.27. The van der Waals surface area contributed by atoms with E-state index in [1.165, 1.54) is 0 Å². The van der Waals surface area contributed by atoms with E-state index >= 15 is 0 Å². The number of rotatable bonds is 5. The quantitative estimate of drug-likeness (QED) is 0.852.